The number of halogens is 1. The highest BCUT2D eigenvalue weighted by Gasteiger charge is 2.23. The van der Waals surface area contributed by atoms with Gasteiger partial charge in [-0.1, -0.05) is 11.6 Å². The molecule has 0 aromatic heterocycles. The van der Waals surface area contributed by atoms with Crippen molar-refractivity contribution in [3.63, 3.8) is 0 Å². The van der Waals surface area contributed by atoms with Crippen LogP contribution < -0.4 is 15.6 Å². The molecule has 0 aliphatic carbocycles. The molecule has 1 aromatic rings. The average Bonchev–Trinajstić information content (AvgIpc) is 3.05. The van der Waals surface area contributed by atoms with Crippen LogP contribution in [-0.4, -0.2) is 31.6 Å². The summed E-state index contributed by atoms with van der Waals surface area (Å²) in [5, 5.41) is 0.664. The number of amides is 2. The molecule has 1 saturated heterocycles. The van der Waals surface area contributed by atoms with Gasteiger partial charge in [0.15, 0.2) is 0 Å². The van der Waals surface area contributed by atoms with Gasteiger partial charge < -0.3 is 9.47 Å². The van der Waals surface area contributed by atoms with Gasteiger partial charge in [0.1, 0.15) is 5.75 Å². The van der Waals surface area contributed by atoms with Crippen molar-refractivity contribution in [2.75, 3.05) is 19.8 Å². The highest BCUT2D eigenvalue weighted by Crippen LogP contribution is 2.21. The summed E-state index contributed by atoms with van der Waals surface area (Å²) in [5.41, 5.74) is 5.79. The summed E-state index contributed by atoms with van der Waals surface area (Å²) < 4.78 is 10.7. The monoisotopic (exact) mass is 340 g/mol. The lowest BCUT2D eigenvalue weighted by molar-refractivity contribution is -0.131. The van der Waals surface area contributed by atoms with Crippen molar-refractivity contribution in [1.29, 1.82) is 0 Å². The molecule has 7 heteroatoms. The third-order valence-electron chi connectivity index (χ3n) is 3.57. The van der Waals surface area contributed by atoms with E-state index in [2.05, 4.69) is 10.9 Å². The van der Waals surface area contributed by atoms with E-state index in [9.17, 15) is 9.59 Å². The number of aryl methyl sites for hydroxylation is 1. The van der Waals surface area contributed by atoms with Crippen LogP contribution in [0.4, 0.5) is 0 Å². The van der Waals surface area contributed by atoms with E-state index < -0.39 is 0 Å². The minimum Gasteiger partial charge on any atom is -0.493 e. The first kappa shape index (κ1) is 17.6. The molecule has 1 aromatic carbocycles. The summed E-state index contributed by atoms with van der Waals surface area (Å²) in [7, 11) is 0. The van der Waals surface area contributed by atoms with Crippen molar-refractivity contribution in [2.45, 2.75) is 26.2 Å². The zero-order valence-corrected chi connectivity index (χ0v) is 13.8. The summed E-state index contributed by atoms with van der Waals surface area (Å²) in [4.78, 5) is 23.3. The molecule has 1 aliphatic heterocycles. The van der Waals surface area contributed by atoms with E-state index in [1.54, 1.807) is 6.07 Å². The minimum atomic E-state index is -0.242. The van der Waals surface area contributed by atoms with Gasteiger partial charge in [-0.15, -0.1) is 0 Å². The Balaban J connectivity index is 1.60. The number of rotatable bonds is 6. The summed E-state index contributed by atoms with van der Waals surface area (Å²) in [5.74, 6) is 0.133. The van der Waals surface area contributed by atoms with Gasteiger partial charge in [0.05, 0.1) is 19.1 Å². The summed E-state index contributed by atoms with van der Waals surface area (Å²) in [6.45, 7) is 3.33. The number of hydrazine groups is 1. The molecule has 126 valence electrons. The number of ether oxygens (including phenoxy) is 2. The maximum Gasteiger partial charge on any atom is 0.243 e. The Bertz CT molecular complexity index is 559. The third-order valence-corrected chi connectivity index (χ3v) is 3.80. The van der Waals surface area contributed by atoms with E-state index in [4.69, 9.17) is 21.1 Å². The molecule has 1 atom stereocenters. The number of carbonyl (C=O) groups is 2. The quantitative estimate of drug-likeness (QED) is 0.613. The molecular formula is C16H21ClN2O4. The predicted molar refractivity (Wildman–Crippen MR) is 86.1 cm³/mol. The van der Waals surface area contributed by atoms with Gasteiger partial charge >= 0.3 is 0 Å². The average molecular weight is 341 g/mol. The number of nitrogens with one attached hydrogen (secondary N) is 2. The molecule has 6 nitrogen and oxygen atoms in total. The van der Waals surface area contributed by atoms with Gasteiger partial charge in [-0.3, -0.25) is 20.4 Å². The van der Waals surface area contributed by atoms with Crippen LogP contribution in [0.2, 0.25) is 5.02 Å². The normalized spacial score (nSPS) is 16.9. The van der Waals surface area contributed by atoms with E-state index in [1.807, 2.05) is 19.1 Å². The van der Waals surface area contributed by atoms with Crippen LogP contribution >= 0.6 is 11.6 Å². The van der Waals surface area contributed by atoms with Crippen molar-refractivity contribution < 1.29 is 19.1 Å². The molecular weight excluding hydrogens is 320 g/mol. The van der Waals surface area contributed by atoms with Gasteiger partial charge in [0.25, 0.3) is 0 Å². The molecule has 2 rings (SSSR count). The Morgan fingerprint density at radius 2 is 2.22 bits per heavy atom. The summed E-state index contributed by atoms with van der Waals surface area (Å²) in [6, 6.07) is 5.40. The van der Waals surface area contributed by atoms with E-state index >= 15 is 0 Å². The van der Waals surface area contributed by atoms with Crippen LogP contribution in [0.3, 0.4) is 0 Å². The van der Waals surface area contributed by atoms with Crippen molar-refractivity contribution in [2.24, 2.45) is 5.92 Å². The van der Waals surface area contributed by atoms with Crippen LogP contribution in [0.1, 0.15) is 24.8 Å². The standard InChI is InChI=1S/C16H21ClN2O4/c1-11-9-13(17)4-5-14(11)23-7-2-3-15(20)18-19-16(21)12-6-8-22-10-12/h4-5,9,12H,2-3,6-8,10H2,1H3,(H,18,20)(H,19,21). The molecule has 0 radical (unpaired) electrons. The largest absolute Gasteiger partial charge is 0.493 e. The van der Waals surface area contributed by atoms with E-state index in [0.29, 0.717) is 37.7 Å². The van der Waals surface area contributed by atoms with Crippen molar-refractivity contribution in [1.82, 2.24) is 10.9 Å². The fourth-order valence-corrected chi connectivity index (χ4v) is 2.45. The van der Waals surface area contributed by atoms with E-state index in [1.165, 1.54) is 0 Å². The maximum atomic E-state index is 11.7. The van der Waals surface area contributed by atoms with Crippen molar-refractivity contribution in [3.05, 3.63) is 28.8 Å². The molecule has 2 N–H and O–H groups in total. The van der Waals surface area contributed by atoms with Crippen LogP contribution in [0.15, 0.2) is 18.2 Å². The highest BCUT2D eigenvalue weighted by atomic mass is 35.5. The lowest BCUT2D eigenvalue weighted by Gasteiger charge is -2.11. The second-order valence-electron chi connectivity index (χ2n) is 5.46. The molecule has 1 unspecified atom stereocenters. The lowest BCUT2D eigenvalue weighted by atomic mass is 10.1. The number of carbonyl (C=O) groups excluding carboxylic acids is 2. The Hall–Kier alpha value is -1.79. The van der Waals surface area contributed by atoms with Crippen LogP contribution in [0, 0.1) is 12.8 Å². The molecule has 0 bridgehead atoms. The first-order valence-corrected chi connectivity index (χ1v) is 7.99. The van der Waals surface area contributed by atoms with Gasteiger partial charge in [-0.2, -0.15) is 0 Å². The second kappa shape index (κ2) is 8.74. The zero-order valence-electron chi connectivity index (χ0n) is 13.1. The fraction of sp³-hybridized carbons (Fsp3) is 0.500. The Morgan fingerprint density at radius 3 is 2.91 bits per heavy atom. The molecule has 1 heterocycles. The third kappa shape index (κ3) is 5.73. The highest BCUT2D eigenvalue weighted by molar-refractivity contribution is 6.30. The maximum absolute atomic E-state index is 11.7. The fourth-order valence-electron chi connectivity index (χ4n) is 2.23. The molecule has 23 heavy (non-hydrogen) atoms. The van der Waals surface area contributed by atoms with E-state index in [0.717, 1.165) is 11.3 Å². The van der Waals surface area contributed by atoms with Crippen LogP contribution in [-0.2, 0) is 14.3 Å². The lowest BCUT2D eigenvalue weighted by Crippen LogP contribution is -2.44. The number of hydrogen-bond donors (Lipinski definition) is 2. The SMILES string of the molecule is Cc1cc(Cl)ccc1OCCCC(=O)NNC(=O)C1CCOC1. The molecule has 0 spiro atoms. The molecule has 0 saturated carbocycles. The molecule has 1 aliphatic rings. The summed E-state index contributed by atoms with van der Waals surface area (Å²) >= 11 is 5.88. The smallest absolute Gasteiger partial charge is 0.243 e. The van der Waals surface area contributed by atoms with Gasteiger partial charge in [-0.05, 0) is 43.5 Å². The Morgan fingerprint density at radius 1 is 1.39 bits per heavy atom. The second-order valence-corrected chi connectivity index (χ2v) is 5.90. The molecule has 2 amide bonds. The topological polar surface area (TPSA) is 76.7 Å². The Labute approximate surface area is 140 Å². The molecule has 1 fully saturated rings. The van der Waals surface area contributed by atoms with Crippen LogP contribution in [0.5, 0.6) is 5.75 Å². The number of hydrogen-bond acceptors (Lipinski definition) is 4. The van der Waals surface area contributed by atoms with Crippen molar-refractivity contribution >= 4 is 23.4 Å². The van der Waals surface area contributed by atoms with Crippen molar-refractivity contribution in [3.8, 4) is 5.75 Å². The minimum absolute atomic E-state index is 0.175. The Kier molecular flexibility index (Phi) is 6.67. The van der Waals surface area contributed by atoms with Crippen LogP contribution in [0.25, 0.3) is 0 Å². The van der Waals surface area contributed by atoms with E-state index in [-0.39, 0.29) is 24.2 Å². The van der Waals surface area contributed by atoms with Gasteiger partial charge in [0, 0.05) is 18.1 Å². The zero-order chi connectivity index (χ0) is 16.7. The van der Waals surface area contributed by atoms with Gasteiger partial charge in [-0.25, -0.2) is 0 Å². The first-order valence-electron chi connectivity index (χ1n) is 7.61. The summed E-state index contributed by atoms with van der Waals surface area (Å²) in [6.07, 6.45) is 1.51. The first-order chi connectivity index (χ1) is 11.1. The van der Waals surface area contributed by atoms with Gasteiger partial charge in [0.2, 0.25) is 11.8 Å². The predicted octanol–water partition coefficient (Wildman–Crippen LogP) is 1.99. The number of benzene rings is 1.